The molecule has 0 saturated carbocycles. The molecule has 3 aliphatic rings. The molecule has 19 nitrogen and oxygen atoms in total. The van der Waals surface area contributed by atoms with Gasteiger partial charge in [0.25, 0.3) is 5.91 Å². The van der Waals surface area contributed by atoms with Crippen LogP contribution in [0.3, 0.4) is 0 Å². The molecule has 0 bridgehead atoms. The van der Waals surface area contributed by atoms with E-state index in [2.05, 4.69) is 28.4 Å². The van der Waals surface area contributed by atoms with E-state index >= 15 is 0 Å². The van der Waals surface area contributed by atoms with E-state index in [9.17, 15) is 33.6 Å². The molecule has 0 aromatic rings. The SMILES string of the molecule is NC1=N[C@H]2[C@H](N=CN2[C@H]2O[C@H](COP(=O)(O)OP(=O)(O)OP(=O)(O)O)[C@@H](O)[C@H]2O)C(=O)N1. The van der Waals surface area contributed by atoms with Gasteiger partial charge >= 0.3 is 23.5 Å². The molecule has 22 heteroatoms. The van der Waals surface area contributed by atoms with Crippen LogP contribution in [0.5, 0.6) is 0 Å². The van der Waals surface area contributed by atoms with Gasteiger partial charge in [-0.1, -0.05) is 0 Å². The van der Waals surface area contributed by atoms with Crippen molar-refractivity contribution in [2.45, 2.75) is 36.7 Å². The fourth-order valence-corrected chi connectivity index (χ4v) is 6.00. The third kappa shape index (κ3) is 5.78. The number of guanidine groups is 1. The van der Waals surface area contributed by atoms with E-state index < -0.39 is 72.7 Å². The zero-order valence-electron chi connectivity index (χ0n) is 15.5. The van der Waals surface area contributed by atoms with Crippen LogP contribution in [0.4, 0.5) is 0 Å². The number of phosphoric ester groups is 1. The Morgan fingerprint density at radius 1 is 1.12 bits per heavy atom. The number of hydrogen-bond acceptors (Lipinski definition) is 14. The maximum absolute atomic E-state index is 11.9. The summed E-state index contributed by atoms with van der Waals surface area (Å²) in [5.41, 5.74) is 5.50. The molecule has 182 valence electrons. The molecule has 2 unspecified atom stereocenters. The van der Waals surface area contributed by atoms with Crippen molar-refractivity contribution in [3.63, 3.8) is 0 Å². The summed E-state index contributed by atoms with van der Waals surface area (Å²) < 4.78 is 50.6. The molecule has 0 radical (unpaired) electrons. The lowest BCUT2D eigenvalue weighted by Gasteiger charge is -2.32. The number of carbonyl (C=O) groups is 1. The van der Waals surface area contributed by atoms with E-state index in [1.807, 2.05) is 0 Å². The van der Waals surface area contributed by atoms with Crippen LogP contribution >= 0.6 is 23.5 Å². The number of phosphoric acid groups is 3. The first kappa shape index (κ1) is 25.3. The van der Waals surface area contributed by atoms with Crippen LogP contribution in [-0.2, 0) is 36.4 Å². The van der Waals surface area contributed by atoms with Crippen molar-refractivity contribution >= 4 is 41.7 Å². The zero-order chi connectivity index (χ0) is 24.1. The average Bonchev–Trinajstić information content (AvgIpc) is 3.12. The topological polar surface area (TPSA) is 293 Å². The van der Waals surface area contributed by atoms with E-state index in [0.717, 1.165) is 6.34 Å². The number of nitrogens with two attached hydrogens (primary N) is 1. The van der Waals surface area contributed by atoms with Gasteiger partial charge in [0.2, 0.25) is 0 Å². The Labute approximate surface area is 177 Å². The van der Waals surface area contributed by atoms with Crippen LogP contribution in [-0.4, -0.2) is 96.2 Å². The van der Waals surface area contributed by atoms with E-state index in [1.54, 1.807) is 0 Å². The van der Waals surface area contributed by atoms with Crippen LogP contribution in [0.25, 0.3) is 0 Å². The molecule has 0 aromatic heterocycles. The minimum atomic E-state index is -5.73. The number of carbonyl (C=O) groups excluding carboxylic acids is 1. The number of ether oxygens (including phenoxy) is 1. The van der Waals surface area contributed by atoms with Gasteiger partial charge in [-0.05, 0) is 0 Å². The predicted molar refractivity (Wildman–Crippen MR) is 98.2 cm³/mol. The first-order chi connectivity index (χ1) is 14.6. The molecule has 1 amide bonds. The van der Waals surface area contributed by atoms with E-state index in [1.165, 1.54) is 4.90 Å². The molecule has 32 heavy (non-hydrogen) atoms. The van der Waals surface area contributed by atoms with Crippen LogP contribution in [0.15, 0.2) is 9.98 Å². The summed E-state index contributed by atoms with van der Waals surface area (Å²) in [6.45, 7) is -0.997. The molecule has 1 fully saturated rings. The number of amides is 1. The number of aliphatic imine (C=N–C) groups is 2. The Bertz CT molecular complexity index is 969. The lowest BCUT2D eigenvalue weighted by Crippen LogP contribution is -2.56. The van der Waals surface area contributed by atoms with Gasteiger partial charge in [0.1, 0.15) is 18.3 Å². The Balaban J connectivity index is 1.63. The molecule has 3 rings (SSSR count). The third-order valence-electron chi connectivity index (χ3n) is 4.19. The minimum Gasteiger partial charge on any atom is -0.387 e. The molecular formula is C10H18N5O14P3. The van der Waals surface area contributed by atoms with Gasteiger partial charge in [0.15, 0.2) is 24.4 Å². The number of nitrogens with one attached hydrogen (secondary N) is 1. The maximum atomic E-state index is 11.9. The van der Waals surface area contributed by atoms with Gasteiger partial charge in [0.05, 0.1) is 12.9 Å². The molecule has 3 aliphatic heterocycles. The van der Waals surface area contributed by atoms with Crippen molar-refractivity contribution in [1.29, 1.82) is 0 Å². The largest absolute Gasteiger partial charge is 0.490 e. The highest BCUT2D eigenvalue weighted by Gasteiger charge is 2.52. The molecule has 8 atom stereocenters. The van der Waals surface area contributed by atoms with Crippen molar-refractivity contribution < 1.29 is 66.2 Å². The molecular weight excluding hydrogens is 507 g/mol. The van der Waals surface area contributed by atoms with E-state index in [4.69, 9.17) is 25.2 Å². The van der Waals surface area contributed by atoms with Gasteiger partial charge in [-0.25, -0.2) is 18.7 Å². The zero-order valence-corrected chi connectivity index (χ0v) is 18.1. The summed E-state index contributed by atoms with van der Waals surface area (Å²) in [5, 5.41) is 22.7. The average molecular weight is 525 g/mol. The highest BCUT2D eigenvalue weighted by atomic mass is 31.3. The molecule has 1 saturated heterocycles. The van der Waals surface area contributed by atoms with Crippen LogP contribution in [0, 0.1) is 0 Å². The molecule has 0 spiro atoms. The summed E-state index contributed by atoms with van der Waals surface area (Å²) in [4.78, 5) is 56.6. The van der Waals surface area contributed by atoms with Crippen LogP contribution in [0.2, 0.25) is 0 Å². The Kier molecular flexibility index (Phi) is 6.97. The standard InChI is InChI=1S/C10H18N5O14P3/c11-10-13-7-4(8(18)14-10)12-2-15(7)9-6(17)5(16)3(27-9)1-26-31(22,23)29-32(24,25)28-30(19,20)21/h2-7,9,16-17H,1H2,(H,22,23)(H,24,25)(H2,19,20,21)(H3,11,13,14,18)/t3-,4+,5-,6-,7-,9+/m1/s1. The lowest BCUT2D eigenvalue weighted by molar-refractivity contribution is -0.124. The van der Waals surface area contributed by atoms with Gasteiger partial charge in [0, 0.05) is 0 Å². The fraction of sp³-hybridized carbons (Fsp3) is 0.700. The van der Waals surface area contributed by atoms with E-state index in [-0.39, 0.29) is 5.96 Å². The number of rotatable bonds is 8. The fourth-order valence-electron chi connectivity index (χ4n) is 2.97. The number of hydrogen-bond donors (Lipinski definition) is 8. The smallest absolute Gasteiger partial charge is 0.387 e. The number of nitrogens with zero attached hydrogens (tertiary/aromatic N) is 3. The van der Waals surface area contributed by atoms with Gasteiger partial charge in [-0.15, -0.1) is 0 Å². The molecule has 0 aromatic carbocycles. The predicted octanol–water partition coefficient (Wildman–Crippen LogP) is -3.74. The summed E-state index contributed by atoms with van der Waals surface area (Å²) in [7, 11) is -16.8. The summed E-state index contributed by atoms with van der Waals surface area (Å²) >= 11 is 0. The number of aliphatic hydroxyl groups is 2. The van der Waals surface area contributed by atoms with E-state index in [0.29, 0.717) is 0 Å². The van der Waals surface area contributed by atoms with Crippen molar-refractivity contribution in [1.82, 2.24) is 10.2 Å². The third-order valence-corrected chi connectivity index (χ3v) is 7.99. The van der Waals surface area contributed by atoms with Gasteiger partial charge in [-0.3, -0.25) is 19.6 Å². The summed E-state index contributed by atoms with van der Waals surface area (Å²) in [6.07, 6.45) is -6.13. The normalized spacial score (nSPS) is 36.2. The Morgan fingerprint density at radius 3 is 2.41 bits per heavy atom. The van der Waals surface area contributed by atoms with Gasteiger partial charge < -0.3 is 45.2 Å². The van der Waals surface area contributed by atoms with Crippen LogP contribution in [0.1, 0.15) is 0 Å². The maximum Gasteiger partial charge on any atom is 0.490 e. The Hall–Kier alpha value is -1.30. The lowest BCUT2D eigenvalue weighted by atomic mass is 10.1. The van der Waals surface area contributed by atoms with Crippen molar-refractivity contribution in [2.24, 2.45) is 15.7 Å². The second-order valence-corrected chi connectivity index (χ2v) is 10.9. The van der Waals surface area contributed by atoms with Crippen LogP contribution < -0.4 is 11.1 Å². The summed E-state index contributed by atoms with van der Waals surface area (Å²) in [6, 6.07) is -1.01. The summed E-state index contributed by atoms with van der Waals surface area (Å²) in [5.74, 6) is -0.789. The first-order valence-electron chi connectivity index (χ1n) is 8.33. The minimum absolute atomic E-state index is 0.219. The van der Waals surface area contributed by atoms with Crippen molar-refractivity contribution in [3.8, 4) is 0 Å². The quantitative estimate of drug-likeness (QED) is 0.141. The highest BCUT2D eigenvalue weighted by molar-refractivity contribution is 7.66. The monoisotopic (exact) mass is 525 g/mol. The first-order valence-corrected chi connectivity index (χ1v) is 12.9. The number of fused-ring (bicyclic) bond motifs is 1. The molecule has 3 heterocycles. The second-order valence-electron chi connectivity index (χ2n) is 6.51. The highest BCUT2D eigenvalue weighted by Crippen LogP contribution is 2.66. The number of aliphatic hydroxyl groups excluding tert-OH is 2. The van der Waals surface area contributed by atoms with Gasteiger partial charge in [-0.2, -0.15) is 8.62 Å². The molecule has 0 aliphatic carbocycles. The van der Waals surface area contributed by atoms with Crippen molar-refractivity contribution in [3.05, 3.63) is 0 Å². The Morgan fingerprint density at radius 2 is 1.78 bits per heavy atom. The second kappa shape index (κ2) is 8.81. The molecule has 9 N–H and O–H groups in total. The van der Waals surface area contributed by atoms with Crippen molar-refractivity contribution in [2.75, 3.05) is 6.61 Å².